The molecule has 144 valence electrons. The second-order valence-corrected chi connectivity index (χ2v) is 6.84. The number of ether oxygens (including phenoxy) is 2. The molecule has 2 aromatic heterocycles. The van der Waals surface area contributed by atoms with Crippen LogP contribution in [-0.2, 0) is 20.8 Å². The first kappa shape index (κ1) is 18.1. The van der Waals surface area contributed by atoms with Crippen molar-refractivity contribution in [3.05, 3.63) is 48.5 Å². The zero-order chi connectivity index (χ0) is 18.5. The molecule has 2 aliphatic heterocycles. The van der Waals surface area contributed by atoms with Gasteiger partial charge in [0.25, 0.3) is 0 Å². The summed E-state index contributed by atoms with van der Waals surface area (Å²) >= 11 is 0. The summed E-state index contributed by atoms with van der Waals surface area (Å²) in [6, 6.07) is 5.60. The fourth-order valence-electron chi connectivity index (χ4n) is 3.77. The summed E-state index contributed by atoms with van der Waals surface area (Å²) in [5.74, 6) is 0.0443. The molecule has 2 aromatic rings. The summed E-state index contributed by atoms with van der Waals surface area (Å²) < 4.78 is 13.3. The van der Waals surface area contributed by atoms with E-state index in [4.69, 9.17) is 9.47 Å². The minimum absolute atomic E-state index is 0.0443. The number of carbonyl (C=O) groups excluding carboxylic acids is 1. The third-order valence-corrected chi connectivity index (χ3v) is 5.10. The van der Waals surface area contributed by atoms with Crippen molar-refractivity contribution in [2.75, 3.05) is 46.0 Å². The first-order valence-electron chi connectivity index (χ1n) is 9.40. The van der Waals surface area contributed by atoms with Crippen LogP contribution in [0.2, 0.25) is 0 Å². The van der Waals surface area contributed by atoms with Gasteiger partial charge in [-0.05, 0) is 17.7 Å². The molecule has 8 heteroatoms. The molecule has 1 amide bonds. The summed E-state index contributed by atoms with van der Waals surface area (Å²) in [5, 5.41) is 4.16. The molecule has 4 heterocycles. The van der Waals surface area contributed by atoms with Crippen molar-refractivity contribution in [3.63, 3.8) is 0 Å². The fraction of sp³-hybridized carbons (Fsp3) is 0.526. The van der Waals surface area contributed by atoms with Crippen LogP contribution in [0.15, 0.2) is 43.0 Å². The highest BCUT2D eigenvalue weighted by Gasteiger charge is 2.37. The maximum atomic E-state index is 13.0. The number of morpholine rings is 2. The number of carbonyl (C=O) groups is 1. The van der Waals surface area contributed by atoms with Crippen LogP contribution in [0.4, 0.5) is 0 Å². The SMILES string of the molecule is O=C(Cn1cccn1)N1CCO[C@@H](CN2CCOCC2)[C@@H]1c1cccnc1. The molecule has 27 heavy (non-hydrogen) atoms. The number of hydrogen-bond acceptors (Lipinski definition) is 6. The van der Waals surface area contributed by atoms with Gasteiger partial charge in [0.2, 0.25) is 5.91 Å². The topological polar surface area (TPSA) is 72.7 Å². The Labute approximate surface area is 158 Å². The van der Waals surface area contributed by atoms with Gasteiger partial charge in [0, 0.05) is 51.0 Å². The number of amides is 1. The maximum Gasteiger partial charge on any atom is 0.244 e. The second kappa shape index (κ2) is 8.60. The molecule has 0 radical (unpaired) electrons. The molecule has 0 unspecified atom stereocenters. The summed E-state index contributed by atoms with van der Waals surface area (Å²) in [5.41, 5.74) is 1.00. The number of nitrogens with zero attached hydrogens (tertiary/aromatic N) is 5. The van der Waals surface area contributed by atoms with Crippen molar-refractivity contribution in [2.45, 2.75) is 18.7 Å². The molecule has 0 N–H and O–H groups in total. The Kier molecular flexibility index (Phi) is 5.76. The molecule has 2 saturated heterocycles. The van der Waals surface area contributed by atoms with E-state index in [1.165, 1.54) is 0 Å². The average molecular weight is 371 g/mol. The lowest BCUT2D eigenvalue weighted by Crippen LogP contribution is -2.53. The Balaban J connectivity index is 1.55. The second-order valence-electron chi connectivity index (χ2n) is 6.84. The van der Waals surface area contributed by atoms with Crippen LogP contribution in [0, 0.1) is 0 Å². The average Bonchev–Trinajstić information content (AvgIpc) is 3.22. The van der Waals surface area contributed by atoms with Crippen molar-refractivity contribution in [2.24, 2.45) is 0 Å². The first-order chi connectivity index (χ1) is 13.3. The van der Waals surface area contributed by atoms with E-state index in [0.29, 0.717) is 13.2 Å². The van der Waals surface area contributed by atoms with Gasteiger partial charge in [0.1, 0.15) is 6.54 Å². The summed E-state index contributed by atoms with van der Waals surface area (Å²) in [6.45, 7) is 5.37. The Hall–Kier alpha value is -2.29. The van der Waals surface area contributed by atoms with Crippen LogP contribution in [0.3, 0.4) is 0 Å². The molecule has 2 aliphatic rings. The molecular formula is C19H25N5O3. The predicted molar refractivity (Wildman–Crippen MR) is 97.9 cm³/mol. The fourth-order valence-corrected chi connectivity index (χ4v) is 3.77. The largest absolute Gasteiger partial charge is 0.379 e. The highest BCUT2D eigenvalue weighted by Crippen LogP contribution is 2.30. The van der Waals surface area contributed by atoms with E-state index in [1.807, 2.05) is 35.5 Å². The third-order valence-electron chi connectivity index (χ3n) is 5.10. The van der Waals surface area contributed by atoms with Crippen LogP contribution < -0.4 is 0 Å². The number of rotatable bonds is 5. The molecule has 0 saturated carbocycles. The summed E-state index contributed by atoms with van der Waals surface area (Å²) in [4.78, 5) is 21.6. The van der Waals surface area contributed by atoms with Gasteiger partial charge in [0.05, 0.1) is 32.0 Å². The molecule has 2 atom stereocenters. The molecule has 0 aliphatic carbocycles. The van der Waals surface area contributed by atoms with Crippen molar-refractivity contribution in [1.29, 1.82) is 0 Å². The van der Waals surface area contributed by atoms with Gasteiger partial charge in [0.15, 0.2) is 0 Å². The minimum Gasteiger partial charge on any atom is -0.379 e. The normalized spacial score (nSPS) is 24.1. The Morgan fingerprint density at radius 3 is 2.78 bits per heavy atom. The van der Waals surface area contributed by atoms with Crippen LogP contribution in [0.25, 0.3) is 0 Å². The lowest BCUT2D eigenvalue weighted by Gasteiger charge is -2.43. The van der Waals surface area contributed by atoms with Gasteiger partial charge in [-0.1, -0.05) is 6.07 Å². The Morgan fingerprint density at radius 1 is 1.15 bits per heavy atom. The van der Waals surface area contributed by atoms with E-state index in [-0.39, 0.29) is 24.6 Å². The zero-order valence-electron chi connectivity index (χ0n) is 15.3. The highest BCUT2D eigenvalue weighted by molar-refractivity contribution is 5.76. The van der Waals surface area contributed by atoms with E-state index in [2.05, 4.69) is 15.0 Å². The lowest BCUT2D eigenvalue weighted by atomic mass is 9.98. The van der Waals surface area contributed by atoms with Gasteiger partial charge in [-0.2, -0.15) is 5.10 Å². The lowest BCUT2D eigenvalue weighted by molar-refractivity contribution is -0.150. The molecule has 0 aromatic carbocycles. The smallest absolute Gasteiger partial charge is 0.244 e. The van der Waals surface area contributed by atoms with Crippen molar-refractivity contribution in [1.82, 2.24) is 24.6 Å². The van der Waals surface area contributed by atoms with Crippen molar-refractivity contribution < 1.29 is 14.3 Å². The number of pyridine rings is 1. The summed E-state index contributed by atoms with van der Waals surface area (Å²) in [7, 11) is 0. The first-order valence-corrected chi connectivity index (χ1v) is 9.40. The van der Waals surface area contributed by atoms with E-state index in [0.717, 1.165) is 38.4 Å². The van der Waals surface area contributed by atoms with Crippen LogP contribution in [-0.4, -0.2) is 82.6 Å². The van der Waals surface area contributed by atoms with Gasteiger partial charge in [-0.25, -0.2) is 0 Å². The van der Waals surface area contributed by atoms with E-state index >= 15 is 0 Å². The number of aromatic nitrogens is 3. The van der Waals surface area contributed by atoms with Gasteiger partial charge in [-0.3, -0.25) is 19.4 Å². The predicted octanol–water partition coefficient (Wildman–Crippen LogP) is 0.579. The molecule has 4 rings (SSSR count). The van der Waals surface area contributed by atoms with E-state index < -0.39 is 0 Å². The van der Waals surface area contributed by atoms with Gasteiger partial charge < -0.3 is 14.4 Å². The molecule has 0 bridgehead atoms. The van der Waals surface area contributed by atoms with Crippen molar-refractivity contribution >= 4 is 5.91 Å². The summed E-state index contributed by atoms with van der Waals surface area (Å²) in [6.07, 6.45) is 6.98. The van der Waals surface area contributed by atoms with E-state index in [9.17, 15) is 4.79 Å². The molecular weight excluding hydrogens is 346 g/mol. The molecule has 8 nitrogen and oxygen atoms in total. The minimum atomic E-state index is -0.154. The monoisotopic (exact) mass is 371 g/mol. The standard InChI is InChI=1S/C19H25N5O3/c25-18(15-23-6-2-5-21-23)24-9-12-27-17(14-22-7-10-26-11-8-22)19(24)16-3-1-4-20-13-16/h1-6,13,17,19H,7-12,14-15H2/t17-,19-/m0/s1. The molecule has 2 fully saturated rings. The third kappa shape index (κ3) is 4.35. The maximum absolute atomic E-state index is 13.0. The van der Waals surface area contributed by atoms with Crippen molar-refractivity contribution in [3.8, 4) is 0 Å². The van der Waals surface area contributed by atoms with Gasteiger partial charge in [-0.15, -0.1) is 0 Å². The Bertz CT molecular complexity index is 718. The Morgan fingerprint density at radius 2 is 2.04 bits per heavy atom. The van der Waals surface area contributed by atoms with Crippen LogP contribution in [0.5, 0.6) is 0 Å². The van der Waals surface area contributed by atoms with Gasteiger partial charge >= 0.3 is 0 Å². The number of hydrogen-bond donors (Lipinski definition) is 0. The van der Waals surface area contributed by atoms with Crippen LogP contribution >= 0.6 is 0 Å². The zero-order valence-corrected chi connectivity index (χ0v) is 15.3. The van der Waals surface area contributed by atoms with Crippen LogP contribution in [0.1, 0.15) is 11.6 Å². The molecule has 0 spiro atoms. The highest BCUT2D eigenvalue weighted by atomic mass is 16.5. The van der Waals surface area contributed by atoms with E-state index in [1.54, 1.807) is 17.1 Å². The quantitative estimate of drug-likeness (QED) is 0.766.